The van der Waals surface area contributed by atoms with Crippen LogP contribution in [0, 0.1) is 23.0 Å². The third kappa shape index (κ3) is 3.50. The highest BCUT2D eigenvalue weighted by Crippen LogP contribution is 2.47. The zero-order valence-corrected chi connectivity index (χ0v) is 13.6. The Morgan fingerprint density at radius 1 is 1.22 bits per heavy atom. The summed E-state index contributed by atoms with van der Waals surface area (Å²) in [6.45, 7) is 0. The smallest absolute Gasteiger partial charge is 0.423 e. The molecule has 0 unspecified atom stereocenters. The Hall–Kier alpha value is -2.93. The quantitative estimate of drug-likeness (QED) is 0.477. The van der Waals surface area contributed by atoms with E-state index in [4.69, 9.17) is 10.6 Å². The number of nitrogens with zero attached hydrogens (tertiary/aromatic N) is 2. The van der Waals surface area contributed by atoms with Crippen molar-refractivity contribution in [1.82, 2.24) is 4.98 Å². The number of nitriles is 1. The van der Waals surface area contributed by atoms with Gasteiger partial charge in [-0.15, -0.1) is 0 Å². The van der Waals surface area contributed by atoms with Crippen molar-refractivity contribution < 1.29 is 26.7 Å². The molecule has 2 aromatic rings. The summed E-state index contributed by atoms with van der Waals surface area (Å²) in [6.07, 6.45) is -4.45. The van der Waals surface area contributed by atoms with Crippen LogP contribution in [0.1, 0.15) is 24.0 Å². The second-order valence-electron chi connectivity index (χ2n) is 6.17. The lowest BCUT2D eigenvalue weighted by atomic mass is 9.63. The molecular formula is C17H13F5N4O. The van der Waals surface area contributed by atoms with Crippen LogP contribution >= 0.6 is 0 Å². The number of ether oxygens (including phenoxy) is 1. The van der Waals surface area contributed by atoms with Gasteiger partial charge in [0.15, 0.2) is 5.82 Å². The predicted octanol–water partition coefficient (Wildman–Crippen LogP) is 3.67. The molecule has 3 rings (SSSR count). The van der Waals surface area contributed by atoms with Crippen LogP contribution in [0.15, 0.2) is 30.5 Å². The van der Waals surface area contributed by atoms with Crippen molar-refractivity contribution in [1.29, 1.82) is 5.26 Å². The van der Waals surface area contributed by atoms with Crippen LogP contribution in [0.25, 0.3) is 0 Å². The van der Waals surface area contributed by atoms with Gasteiger partial charge in [0.05, 0.1) is 11.5 Å². The average molecular weight is 384 g/mol. The molecule has 1 saturated carbocycles. The molecule has 0 atom stereocenters. The number of nitrogens with one attached hydrogen (secondary N) is 1. The van der Waals surface area contributed by atoms with E-state index in [1.807, 2.05) is 11.5 Å². The molecule has 1 aromatic heterocycles. The summed E-state index contributed by atoms with van der Waals surface area (Å²) in [4.78, 5) is 3.52. The Morgan fingerprint density at radius 2 is 1.85 bits per heavy atom. The van der Waals surface area contributed by atoms with E-state index in [1.54, 1.807) is 0 Å². The number of halogens is 5. The minimum atomic E-state index is -4.77. The van der Waals surface area contributed by atoms with E-state index in [0.29, 0.717) is 6.07 Å². The van der Waals surface area contributed by atoms with E-state index in [9.17, 15) is 27.2 Å². The Bertz CT molecular complexity index is 883. The lowest BCUT2D eigenvalue weighted by Gasteiger charge is -2.42. The number of benzene rings is 1. The number of rotatable bonds is 4. The van der Waals surface area contributed by atoms with Gasteiger partial charge in [0, 0.05) is 25.1 Å². The summed E-state index contributed by atoms with van der Waals surface area (Å²) < 4.78 is 72.1. The molecule has 0 saturated heterocycles. The van der Waals surface area contributed by atoms with Gasteiger partial charge in [-0.1, -0.05) is 0 Å². The Balaban J connectivity index is 1.84. The van der Waals surface area contributed by atoms with Gasteiger partial charge in [-0.2, -0.15) is 18.4 Å². The maximum atomic E-state index is 13.4. The predicted molar refractivity (Wildman–Crippen MR) is 84.3 cm³/mol. The molecule has 0 amide bonds. The van der Waals surface area contributed by atoms with Crippen LogP contribution in [0.2, 0.25) is 0 Å². The molecule has 1 aromatic carbocycles. The van der Waals surface area contributed by atoms with Gasteiger partial charge in [-0.3, -0.25) is 0 Å². The van der Waals surface area contributed by atoms with Crippen LogP contribution in [-0.2, 0) is 11.6 Å². The van der Waals surface area contributed by atoms with Gasteiger partial charge in [-0.05, 0) is 23.8 Å². The molecule has 10 heteroatoms. The highest BCUT2D eigenvalue weighted by molar-refractivity contribution is 5.53. The number of hydrazine groups is 1. The molecule has 1 fully saturated rings. The van der Waals surface area contributed by atoms with Gasteiger partial charge in [0.25, 0.3) is 0 Å². The summed E-state index contributed by atoms with van der Waals surface area (Å²) >= 11 is 0. The van der Waals surface area contributed by atoms with Crippen molar-refractivity contribution in [3.63, 3.8) is 0 Å². The van der Waals surface area contributed by atoms with Gasteiger partial charge >= 0.3 is 6.18 Å². The SMILES string of the molecule is N#C[C@]1(c2cc(F)cc(F)c2)C[C@@H](Oc2ccnc(NN)c2C(F)(F)F)C1. The number of aromatic nitrogens is 1. The minimum absolute atomic E-state index is 0.0165. The largest absolute Gasteiger partial charge is 0.489 e. The first-order valence-corrected chi connectivity index (χ1v) is 7.76. The zero-order valence-electron chi connectivity index (χ0n) is 13.6. The summed E-state index contributed by atoms with van der Waals surface area (Å²) in [5.41, 5.74) is -0.403. The van der Waals surface area contributed by atoms with Gasteiger partial charge in [0.2, 0.25) is 0 Å². The maximum Gasteiger partial charge on any atom is 0.423 e. The lowest BCUT2D eigenvalue weighted by molar-refractivity contribution is -0.139. The minimum Gasteiger partial charge on any atom is -0.489 e. The zero-order chi connectivity index (χ0) is 19.8. The van der Waals surface area contributed by atoms with Gasteiger partial charge in [-0.25, -0.2) is 19.6 Å². The number of anilines is 1. The molecular weight excluding hydrogens is 371 g/mol. The first kappa shape index (κ1) is 18.8. The number of hydrogen-bond acceptors (Lipinski definition) is 5. The van der Waals surface area contributed by atoms with Crippen molar-refractivity contribution in [2.75, 3.05) is 5.43 Å². The number of hydrogen-bond donors (Lipinski definition) is 2. The van der Waals surface area contributed by atoms with Crippen LogP contribution < -0.4 is 16.0 Å². The van der Waals surface area contributed by atoms with Gasteiger partial charge < -0.3 is 10.2 Å². The summed E-state index contributed by atoms with van der Waals surface area (Å²) in [5.74, 6) is 2.31. The monoisotopic (exact) mass is 384 g/mol. The number of nitrogens with two attached hydrogens (primary N) is 1. The maximum absolute atomic E-state index is 13.4. The molecule has 27 heavy (non-hydrogen) atoms. The fourth-order valence-corrected chi connectivity index (χ4v) is 3.13. The fourth-order valence-electron chi connectivity index (χ4n) is 3.13. The van der Waals surface area contributed by atoms with Crippen molar-refractivity contribution in [3.8, 4) is 11.8 Å². The fraction of sp³-hybridized carbons (Fsp3) is 0.294. The first-order chi connectivity index (χ1) is 12.7. The van der Waals surface area contributed by atoms with Crippen molar-refractivity contribution in [3.05, 3.63) is 53.2 Å². The topological polar surface area (TPSA) is 84.0 Å². The molecule has 142 valence electrons. The second-order valence-corrected chi connectivity index (χ2v) is 6.17. The molecule has 0 radical (unpaired) electrons. The highest BCUT2D eigenvalue weighted by atomic mass is 19.4. The Kier molecular flexibility index (Phi) is 4.65. The second kappa shape index (κ2) is 6.66. The third-order valence-electron chi connectivity index (χ3n) is 4.41. The lowest BCUT2D eigenvalue weighted by Crippen LogP contribution is -2.46. The average Bonchev–Trinajstić information content (AvgIpc) is 2.55. The number of pyridine rings is 1. The van der Waals surface area contributed by atoms with E-state index in [2.05, 4.69) is 4.98 Å². The molecule has 0 aliphatic heterocycles. The highest BCUT2D eigenvalue weighted by Gasteiger charge is 2.49. The van der Waals surface area contributed by atoms with E-state index >= 15 is 0 Å². The summed E-state index contributed by atoms with van der Waals surface area (Å²) in [6, 6.07) is 5.77. The number of nitrogen functional groups attached to an aromatic ring is 1. The first-order valence-electron chi connectivity index (χ1n) is 7.76. The molecule has 1 aliphatic rings. The molecule has 0 spiro atoms. The standard InChI is InChI=1S/C17H13F5N4O/c18-10-3-9(4-11(19)5-10)16(8-23)6-12(7-16)27-13-1-2-25-15(26-24)14(13)17(20,21)22/h1-5,12H,6-7,24H2,(H,25,26)/t12-,16+. The van der Waals surface area contributed by atoms with Crippen LogP contribution in [0.5, 0.6) is 5.75 Å². The van der Waals surface area contributed by atoms with E-state index in [1.165, 1.54) is 0 Å². The molecule has 1 aliphatic carbocycles. The Morgan fingerprint density at radius 3 is 2.37 bits per heavy atom. The van der Waals surface area contributed by atoms with Crippen molar-refractivity contribution in [2.24, 2.45) is 5.84 Å². The van der Waals surface area contributed by atoms with E-state index in [-0.39, 0.29) is 18.4 Å². The molecule has 1 heterocycles. The van der Waals surface area contributed by atoms with Crippen LogP contribution in [-0.4, -0.2) is 11.1 Å². The van der Waals surface area contributed by atoms with Crippen LogP contribution in [0.3, 0.4) is 0 Å². The summed E-state index contributed by atoms with van der Waals surface area (Å²) in [7, 11) is 0. The molecule has 3 N–H and O–H groups in total. The summed E-state index contributed by atoms with van der Waals surface area (Å²) in [5, 5.41) is 9.45. The molecule has 0 bridgehead atoms. The van der Waals surface area contributed by atoms with Crippen molar-refractivity contribution in [2.45, 2.75) is 30.5 Å². The number of alkyl halides is 3. The molecule has 5 nitrogen and oxygen atoms in total. The third-order valence-corrected chi connectivity index (χ3v) is 4.41. The normalized spacial score (nSPS) is 21.9. The van der Waals surface area contributed by atoms with E-state index in [0.717, 1.165) is 24.4 Å². The van der Waals surface area contributed by atoms with Gasteiger partial charge in [0.1, 0.15) is 29.1 Å². The van der Waals surface area contributed by atoms with Crippen LogP contribution in [0.4, 0.5) is 27.8 Å². The van der Waals surface area contributed by atoms with Crippen molar-refractivity contribution >= 4 is 5.82 Å². The Labute approximate surface area is 150 Å². The van der Waals surface area contributed by atoms with E-state index < -0.39 is 46.5 Å².